The summed E-state index contributed by atoms with van der Waals surface area (Å²) in [6, 6.07) is 8.01. The van der Waals surface area contributed by atoms with Crippen molar-refractivity contribution in [1.29, 1.82) is 0 Å². The maximum absolute atomic E-state index is 5.94. The topological polar surface area (TPSA) is 47.3 Å². The van der Waals surface area contributed by atoms with Gasteiger partial charge < -0.3 is 15.8 Å². The van der Waals surface area contributed by atoms with Crippen LogP contribution in [0.25, 0.3) is 0 Å². The standard InChI is InChI=1S/C13H22N2O/c1-3-11(4-2)16-13-8-6-5-7-12(13)15-10-9-14/h5-8,11,15H,3-4,9-10,14H2,1-2H3. The second kappa shape index (κ2) is 7.12. The third-order valence-electron chi connectivity index (χ3n) is 2.55. The number of anilines is 1. The highest BCUT2D eigenvalue weighted by molar-refractivity contribution is 5.56. The van der Waals surface area contributed by atoms with Crippen molar-refractivity contribution < 1.29 is 4.74 Å². The minimum Gasteiger partial charge on any atom is -0.488 e. The number of nitrogens with one attached hydrogen (secondary N) is 1. The van der Waals surface area contributed by atoms with Crippen LogP contribution in [-0.2, 0) is 0 Å². The highest BCUT2D eigenvalue weighted by Gasteiger charge is 2.08. The molecule has 0 aliphatic heterocycles. The number of rotatable bonds is 7. The molecule has 0 fully saturated rings. The summed E-state index contributed by atoms with van der Waals surface area (Å²) >= 11 is 0. The van der Waals surface area contributed by atoms with Crippen LogP contribution in [0.1, 0.15) is 26.7 Å². The van der Waals surface area contributed by atoms with Crippen molar-refractivity contribution in [3.63, 3.8) is 0 Å². The van der Waals surface area contributed by atoms with Crippen molar-refractivity contribution in [3.8, 4) is 5.75 Å². The molecule has 0 heterocycles. The van der Waals surface area contributed by atoms with Gasteiger partial charge in [0.15, 0.2) is 0 Å². The van der Waals surface area contributed by atoms with Crippen LogP contribution in [0.3, 0.4) is 0 Å². The van der Waals surface area contributed by atoms with Gasteiger partial charge >= 0.3 is 0 Å². The van der Waals surface area contributed by atoms with Crippen molar-refractivity contribution in [3.05, 3.63) is 24.3 Å². The Morgan fingerprint density at radius 1 is 1.25 bits per heavy atom. The predicted octanol–water partition coefficient (Wildman–Crippen LogP) is 2.62. The molecule has 0 unspecified atom stereocenters. The van der Waals surface area contributed by atoms with Gasteiger partial charge in [0.2, 0.25) is 0 Å². The van der Waals surface area contributed by atoms with Gasteiger partial charge in [-0.2, -0.15) is 0 Å². The molecule has 0 aliphatic rings. The van der Waals surface area contributed by atoms with Crippen molar-refractivity contribution in [1.82, 2.24) is 0 Å². The van der Waals surface area contributed by atoms with Crippen LogP contribution in [0.4, 0.5) is 5.69 Å². The van der Waals surface area contributed by atoms with E-state index >= 15 is 0 Å². The predicted molar refractivity (Wildman–Crippen MR) is 69.0 cm³/mol. The van der Waals surface area contributed by atoms with Gasteiger partial charge in [0, 0.05) is 13.1 Å². The van der Waals surface area contributed by atoms with E-state index in [9.17, 15) is 0 Å². The third-order valence-corrected chi connectivity index (χ3v) is 2.55. The van der Waals surface area contributed by atoms with Gasteiger partial charge in [0.1, 0.15) is 5.75 Å². The van der Waals surface area contributed by atoms with E-state index in [4.69, 9.17) is 10.5 Å². The highest BCUT2D eigenvalue weighted by atomic mass is 16.5. The molecule has 1 rings (SSSR count). The molecule has 0 atom stereocenters. The van der Waals surface area contributed by atoms with E-state index in [1.807, 2.05) is 24.3 Å². The van der Waals surface area contributed by atoms with Crippen LogP contribution in [0.2, 0.25) is 0 Å². The molecule has 1 aromatic carbocycles. The van der Waals surface area contributed by atoms with Crippen LogP contribution < -0.4 is 15.8 Å². The second-order valence-corrected chi connectivity index (χ2v) is 3.77. The van der Waals surface area contributed by atoms with Gasteiger partial charge in [-0.25, -0.2) is 0 Å². The number of nitrogens with two attached hydrogens (primary N) is 1. The summed E-state index contributed by atoms with van der Waals surface area (Å²) in [6.45, 7) is 5.68. The smallest absolute Gasteiger partial charge is 0.142 e. The largest absolute Gasteiger partial charge is 0.488 e. The second-order valence-electron chi connectivity index (χ2n) is 3.77. The number of hydrogen-bond donors (Lipinski definition) is 2. The molecular formula is C13H22N2O. The zero-order chi connectivity index (χ0) is 11.8. The Labute approximate surface area is 98.0 Å². The summed E-state index contributed by atoms with van der Waals surface area (Å²) in [6.07, 6.45) is 2.35. The van der Waals surface area contributed by atoms with Crippen molar-refractivity contribution in [2.24, 2.45) is 5.73 Å². The lowest BCUT2D eigenvalue weighted by molar-refractivity contribution is 0.194. The third kappa shape index (κ3) is 3.74. The average Bonchev–Trinajstić information content (AvgIpc) is 2.34. The Bertz CT molecular complexity index is 298. The zero-order valence-electron chi connectivity index (χ0n) is 10.2. The maximum Gasteiger partial charge on any atom is 0.142 e. The fraction of sp³-hybridized carbons (Fsp3) is 0.538. The Morgan fingerprint density at radius 2 is 1.94 bits per heavy atom. The van der Waals surface area contributed by atoms with Gasteiger partial charge in [-0.1, -0.05) is 26.0 Å². The van der Waals surface area contributed by atoms with E-state index in [2.05, 4.69) is 19.2 Å². The maximum atomic E-state index is 5.94. The molecule has 3 heteroatoms. The molecule has 3 N–H and O–H groups in total. The number of ether oxygens (including phenoxy) is 1. The molecule has 0 radical (unpaired) electrons. The van der Waals surface area contributed by atoms with Crippen LogP contribution >= 0.6 is 0 Å². The molecule has 0 amide bonds. The first kappa shape index (κ1) is 12.8. The van der Waals surface area contributed by atoms with Gasteiger partial charge in [-0.15, -0.1) is 0 Å². The molecule has 0 aliphatic carbocycles. The van der Waals surface area contributed by atoms with Crippen LogP contribution in [0.5, 0.6) is 5.75 Å². The molecule has 0 aromatic heterocycles. The molecule has 16 heavy (non-hydrogen) atoms. The fourth-order valence-electron chi connectivity index (χ4n) is 1.56. The first-order chi connectivity index (χ1) is 7.81. The summed E-state index contributed by atoms with van der Waals surface area (Å²) in [4.78, 5) is 0. The molecule has 3 nitrogen and oxygen atoms in total. The van der Waals surface area contributed by atoms with Crippen LogP contribution in [0, 0.1) is 0 Å². The van der Waals surface area contributed by atoms with Crippen LogP contribution in [0.15, 0.2) is 24.3 Å². The van der Waals surface area contributed by atoms with Gasteiger partial charge in [-0.3, -0.25) is 0 Å². The lowest BCUT2D eigenvalue weighted by atomic mass is 10.2. The van der Waals surface area contributed by atoms with Gasteiger partial charge in [0.25, 0.3) is 0 Å². The number of hydrogen-bond acceptors (Lipinski definition) is 3. The normalized spacial score (nSPS) is 10.5. The quantitative estimate of drug-likeness (QED) is 0.745. The minimum absolute atomic E-state index is 0.292. The summed E-state index contributed by atoms with van der Waals surface area (Å²) < 4.78 is 5.94. The molecule has 0 bridgehead atoms. The SMILES string of the molecule is CCC(CC)Oc1ccccc1NCCN. The van der Waals surface area contributed by atoms with Gasteiger partial charge in [0.05, 0.1) is 11.8 Å². The summed E-state index contributed by atoms with van der Waals surface area (Å²) in [5, 5.41) is 3.27. The monoisotopic (exact) mass is 222 g/mol. The molecule has 0 spiro atoms. The van der Waals surface area contributed by atoms with E-state index in [0.717, 1.165) is 30.8 Å². The molecule has 90 valence electrons. The molecule has 0 saturated carbocycles. The summed E-state index contributed by atoms with van der Waals surface area (Å²) in [5.41, 5.74) is 6.50. The van der Waals surface area contributed by atoms with E-state index in [1.54, 1.807) is 0 Å². The Kier molecular flexibility index (Phi) is 5.72. The van der Waals surface area contributed by atoms with E-state index in [-0.39, 0.29) is 0 Å². The lowest BCUT2D eigenvalue weighted by Gasteiger charge is -2.18. The molecule has 0 saturated heterocycles. The lowest BCUT2D eigenvalue weighted by Crippen LogP contribution is -2.17. The van der Waals surface area contributed by atoms with E-state index in [1.165, 1.54) is 0 Å². The van der Waals surface area contributed by atoms with Crippen LogP contribution in [-0.4, -0.2) is 19.2 Å². The van der Waals surface area contributed by atoms with E-state index < -0.39 is 0 Å². The Morgan fingerprint density at radius 3 is 2.56 bits per heavy atom. The van der Waals surface area contributed by atoms with Crippen molar-refractivity contribution >= 4 is 5.69 Å². The molecule has 1 aromatic rings. The Balaban J connectivity index is 2.69. The minimum atomic E-state index is 0.292. The average molecular weight is 222 g/mol. The first-order valence-corrected chi connectivity index (χ1v) is 6.01. The Hall–Kier alpha value is -1.22. The van der Waals surface area contributed by atoms with E-state index in [0.29, 0.717) is 12.6 Å². The van der Waals surface area contributed by atoms with Gasteiger partial charge in [-0.05, 0) is 25.0 Å². The molecular weight excluding hydrogens is 200 g/mol. The highest BCUT2D eigenvalue weighted by Crippen LogP contribution is 2.25. The number of para-hydroxylation sites is 2. The number of benzene rings is 1. The van der Waals surface area contributed by atoms with Crippen molar-refractivity contribution in [2.45, 2.75) is 32.8 Å². The fourth-order valence-corrected chi connectivity index (χ4v) is 1.56. The van der Waals surface area contributed by atoms with Crippen molar-refractivity contribution in [2.75, 3.05) is 18.4 Å². The summed E-state index contributed by atoms with van der Waals surface area (Å²) in [5.74, 6) is 0.921. The first-order valence-electron chi connectivity index (χ1n) is 6.01. The summed E-state index contributed by atoms with van der Waals surface area (Å²) in [7, 11) is 0. The zero-order valence-corrected chi connectivity index (χ0v) is 10.2.